The Hall–Kier alpha value is -2.71. The van der Waals surface area contributed by atoms with Gasteiger partial charge >= 0.3 is 0 Å². The van der Waals surface area contributed by atoms with Gasteiger partial charge in [0.2, 0.25) is 23.6 Å². The van der Waals surface area contributed by atoms with Crippen molar-refractivity contribution in [3.8, 4) is 0 Å². The summed E-state index contributed by atoms with van der Waals surface area (Å²) in [7, 11) is 0. The Bertz CT molecular complexity index is 1310. The average molecular weight is 698 g/mol. The molecule has 1 aromatic heterocycles. The van der Waals surface area contributed by atoms with Gasteiger partial charge in [0.05, 0.1) is 29.8 Å². The fourth-order valence-electron chi connectivity index (χ4n) is 7.76. The summed E-state index contributed by atoms with van der Waals surface area (Å²) in [6.45, 7) is 9.79. The molecular formula is C34H53F2N5O6S. The Labute approximate surface area is 287 Å². The van der Waals surface area contributed by atoms with Gasteiger partial charge in [-0.3, -0.25) is 24.2 Å². The maximum atomic E-state index is 12.6. The van der Waals surface area contributed by atoms with Crippen molar-refractivity contribution in [1.29, 1.82) is 0 Å². The number of primary amides is 1. The first-order valence-corrected chi connectivity index (χ1v) is 18.2. The molecule has 3 N–H and O–H groups in total. The van der Waals surface area contributed by atoms with Gasteiger partial charge in [-0.05, 0) is 49.9 Å². The smallest absolute Gasteiger partial charge is 0.265 e. The number of morpholine rings is 1. The Balaban J connectivity index is 0.000000188. The standard InChI is InChI=1S/C17H22N4O3S.C10H17NO2.C7H12F2O.H2/c1-16(2)3-10(16)14(23)21-7-17(8-21)6-20(5-11(17)13(18)22)15(24)12-4-19-9-25-12;1-2-3-10(12)11-6-8-4-5-9(7-11)13-8;8-7(9)3-1-6(5-10)2-4-7;/h4,9-11H,3,5-8H2,1-2H3,(H2,18,22);8-9H,2-7H2,1H3;6,10H,1-5H2;1H/t10-,11+;;;/m1.../s1. The number of hydrogen-bond acceptors (Lipinski definition) is 8. The average Bonchev–Trinajstić information content (AvgIpc) is 3.48. The molecule has 4 saturated heterocycles. The highest BCUT2D eigenvalue weighted by Crippen LogP contribution is 2.54. The molecule has 2 bridgehead atoms. The van der Waals surface area contributed by atoms with Crippen LogP contribution in [0.15, 0.2) is 11.7 Å². The van der Waals surface area contributed by atoms with Crippen LogP contribution < -0.4 is 5.73 Å². The second-order valence-corrected chi connectivity index (χ2v) is 16.2. The van der Waals surface area contributed by atoms with E-state index in [1.807, 2.05) is 16.7 Å². The number of nitrogens with zero attached hydrogens (tertiary/aromatic N) is 4. The number of amides is 4. The number of likely N-dealkylation sites (tertiary alicyclic amines) is 3. The predicted octanol–water partition coefficient (Wildman–Crippen LogP) is 3.80. The zero-order valence-electron chi connectivity index (χ0n) is 28.4. The van der Waals surface area contributed by atoms with Crippen LogP contribution in [0.4, 0.5) is 8.78 Å². The number of aromatic nitrogens is 1. The van der Waals surface area contributed by atoms with Crippen molar-refractivity contribution < 1.29 is 39.2 Å². The molecule has 2 aliphatic carbocycles. The highest BCUT2D eigenvalue weighted by atomic mass is 32.1. The number of ether oxygens (including phenoxy) is 1. The number of halogens is 2. The minimum absolute atomic E-state index is 0. The molecule has 270 valence electrons. The van der Waals surface area contributed by atoms with Gasteiger partial charge in [0.15, 0.2) is 0 Å². The van der Waals surface area contributed by atoms with Crippen molar-refractivity contribution in [2.24, 2.45) is 34.3 Å². The van der Waals surface area contributed by atoms with Gasteiger partial charge < -0.3 is 30.3 Å². The number of hydrogen-bond donors (Lipinski definition) is 2. The zero-order chi connectivity index (χ0) is 34.9. The molecule has 4 atom stereocenters. The van der Waals surface area contributed by atoms with Gasteiger partial charge in [-0.25, -0.2) is 8.78 Å². The molecule has 14 heteroatoms. The SMILES string of the molecule is CC1(C)C[C@@H]1C(=O)N1CC2(CN(C(=O)c3cncs3)C[C@H]2C(N)=O)C1.CCCC(=O)N1CC2CCC(C1)O2.OCC1CCC(F)(F)CC1.[HH]. The fraction of sp³-hybridized carbons (Fsp3) is 0.794. The van der Waals surface area contributed by atoms with E-state index >= 15 is 0 Å². The number of carbonyl (C=O) groups excluding carboxylic acids is 4. The van der Waals surface area contributed by atoms with Crippen molar-refractivity contribution in [3.63, 3.8) is 0 Å². The summed E-state index contributed by atoms with van der Waals surface area (Å²) in [6.07, 6.45) is 7.92. The maximum Gasteiger partial charge on any atom is 0.265 e. The van der Waals surface area contributed by atoms with Crippen LogP contribution in [0.3, 0.4) is 0 Å². The molecule has 2 unspecified atom stereocenters. The van der Waals surface area contributed by atoms with E-state index in [1.165, 1.54) is 11.3 Å². The molecule has 2 saturated carbocycles. The van der Waals surface area contributed by atoms with Crippen molar-refractivity contribution in [3.05, 3.63) is 16.6 Å². The topological polar surface area (TPSA) is 146 Å². The van der Waals surface area contributed by atoms with Crippen LogP contribution in [-0.2, 0) is 19.1 Å². The maximum absolute atomic E-state index is 12.6. The predicted molar refractivity (Wildman–Crippen MR) is 177 cm³/mol. The van der Waals surface area contributed by atoms with Gasteiger partial charge in [0, 0.05) is 77.9 Å². The largest absolute Gasteiger partial charge is 0.396 e. The van der Waals surface area contributed by atoms with Gasteiger partial charge in [0.1, 0.15) is 4.88 Å². The fourth-order valence-corrected chi connectivity index (χ4v) is 8.35. The van der Waals surface area contributed by atoms with E-state index in [-0.39, 0.29) is 55.4 Å². The van der Waals surface area contributed by atoms with E-state index in [0.717, 1.165) is 38.8 Å². The molecule has 1 aromatic rings. The molecule has 0 radical (unpaired) electrons. The van der Waals surface area contributed by atoms with Crippen LogP contribution >= 0.6 is 11.3 Å². The quantitative estimate of drug-likeness (QED) is 0.460. The van der Waals surface area contributed by atoms with E-state index in [2.05, 4.69) is 18.8 Å². The third-order valence-electron chi connectivity index (χ3n) is 11.0. The lowest BCUT2D eigenvalue weighted by atomic mass is 9.71. The monoisotopic (exact) mass is 697 g/mol. The van der Waals surface area contributed by atoms with Crippen LogP contribution in [0.25, 0.3) is 0 Å². The normalized spacial score (nSPS) is 29.2. The van der Waals surface area contributed by atoms with Gasteiger partial charge in [-0.15, -0.1) is 11.3 Å². The number of carbonyl (C=O) groups is 4. The molecule has 7 rings (SSSR count). The first-order valence-electron chi connectivity index (χ1n) is 17.3. The molecule has 0 aromatic carbocycles. The summed E-state index contributed by atoms with van der Waals surface area (Å²) in [5.41, 5.74) is 6.93. The zero-order valence-corrected chi connectivity index (χ0v) is 29.2. The number of rotatable bonds is 6. The lowest BCUT2D eigenvalue weighted by Gasteiger charge is -2.50. The number of aliphatic hydroxyl groups is 1. The molecule has 6 aliphatic rings. The number of fused-ring (bicyclic) bond motifs is 2. The molecule has 11 nitrogen and oxygen atoms in total. The minimum Gasteiger partial charge on any atom is -0.396 e. The van der Waals surface area contributed by atoms with E-state index in [0.29, 0.717) is 68.4 Å². The lowest BCUT2D eigenvalue weighted by Crippen LogP contribution is -2.64. The summed E-state index contributed by atoms with van der Waals surface area (Å²) in [5.74, 6) is -2.66. The second kappa shape index (κ2) is 14.6. The molecule has 1 spiro atoms. The van der Waals surface area contributed by atoms with Gasteiger partial charge in [-0.1, -0.05) is 20.8 Å². The highest BCUT2D eigenvalue weighted by Gasteiger charge is 2.61. The highest BCUT2D eigenvalue weighted by molar-refractivity contribution is 7.11. The Morgan fingerprint density at radius 1 is 1.00 bits per heavy atom. The van der Waals surface area contributed by atoms with Gasteiger partial charge in [-0.2, -0.15) is 0 Å². The number of nitrogens with two attached hydrogens (primary N) is 1. The van der Waals surface area contributed by atoms with E-state index < -0.39 is 17.7 Å². The molecule has 6 fully saturated rings. The Morgan fingerprint density at radius 3 is 2.10 bits per heavy atom. The first kappa shape index (κ1) is 36.6. The van der Waals surface area contributed by atoms with Crippen LogP contribution in [0.2, 0.25) is 0 Å². The number of alkyl halides is 2. The van der Waals surface area contributed by atoms with Gasteiger partial charge in [0.25, 0.3) is 5.91 Å². The first-order chi connectivity index (χ1) is 22.7. The molecule has 4 aliphatic heterocycles. The van der Waals surface area contributed by atoms with Crippen LogP contribution in [0.5, 0.6) is 0 Å². The van der Waals surface area contributed by atoms with Crippen molar-refractivity contribution in [1.82, 2.24) is 19.7 Å². The third kappa shape index (κ3) is 8.35. The van der Waals surface area contributed by atoms with E-state index in [9.17, 15) is 28.0 Å². The van der Waals surface area contributed by atoms with E-state index in [1.54, 1.807) is 16.6 Å². The molecule has 5 heterocycles. The molecule has 4 amide bonds. The Morgan fingerprint density at radius 2 is 1.60 bits per heavy atom. The van der Waals surface area contributed by atoms with Crippen LogP contribution in [0, 0.1) is 28.6 Å². The summed E-state index contributed by atoms with van der Waals surface area (Å²) in [5, 5.41) is 8.62. The van der Waals surface area contributed by atoms with Crippen molar-refractivity contribution in [2.45, 2.75) is 96.7 Å². The number of aliphatic hydroxyl groups excluding tert-OH is 1. The summed E-state index contributed by atoms with van der Waals surface area (Å²) in [6, 6.07) is 0. The van der Waals surface area contributed by atoms with Crippen LogP contribution in [0.1, 0.15) is 89.7 Å². The van der Waals surface area contributed by atoms with Crippen molar-refractivity contribution in [2.75, 3.05) is 45.9 Å². The summed E-state index contributed by atoms with van der Waals surface area (Å²) < 4.78 is 30.5. The third-order valence-corrected chi connectivity index (χ3v) is 11.8. The minimum atomic E-state index is -2.45. The van der Waals surface area contributed by atoms with Crippen LogP contribution in [-0.4, -0.2) is 112 Å². The lowest BCUT2D eigenvalue weighted by molar-refractivity contribution is -0.150. The molecule has 48 heavy (non-hydrogen) atoms. The summed E-state index contributed by atoms with van der Waals surface area (Å²) in [4.78, 5) is 58.7. The molecular weight excluding hydrogens is 644 g/mol. The summed E-state index contributed by atoms with van der Waals surface area (Å²) >= 11 is 1.29. The van der Waals surface area contributed by atoms with E-state index in [4.69, 9.17) is 15.6 Å². The second-order valence-electron chi connectivity index (χ2n) is 15.3. The number of thiazole rings is 1. The van der Waals surface area contributed by atoms with Crippen molar-refractivity contribution >= 4 is 35.0 Å². The Kier molecular flexibility index (Phi) is 11.2.